The highest BCUT2D eigenvalue weighted by molar-refractivity contribution is 7.87. The lowest BCUT2D eigenvalue weighted by Crippen LogP contribution is -2.50. The first-order chi connectivity index (χ1) is 13.4. The summed E-state index contributed by atoms with van der Waals surface area (Å²) in [5.41, 5.74) is 1.37. The zero-order chi connectivity index (χ0) is 19.7. The van der Waals surface area contributed by atoms with Crippen LogP contribution in [0.15, 0.2) is 29.6 Å². The molecule has 154 valence electrons. The lowest BCUT2D eigenvalue weighted by atomic mass is 9.79. The molecule has 1 aliphatic carbocycles. The molecule has 0 amide bonds. The van der Waals surface area contributed by atoms with Gasteiger partial charge in [0.05, 0.1) is 0 Å². The first kappa shape index (κ1) is 20.1. The second kappa shape index (κ2) is 8.28. The van der Waals surface area contributed by atoms with Crippen LogP contribution in [-0.4, -0.2) is 70.5 Å². The van der Waals surface area contributed by atoms with E-state index >= 15 is 0 Å². The molecule has 2 aliphatic rings. The zero-order valence-electron chi connectivity index (χ0n) is 16.7. The molecule has 1 N–H and O–H groups in total. The Labute approximate surface area is 172 Å². The Kier molecular flexibility index (Phi) is 5.94. The molecular formula is C20H30N4O2S2. The minimum absolute atomic E-state index is 0.111. The zero-order valence-corrected chi connectivity index (χ0v) is 18.3. The molecule has 0 unspecified atom stereocenters. The molecule has 8 heteroatoms. The van der Waals surface area contributed by atoms with Crippen LogP contribution >= 0.6 is 11.3 Å². The quantitative estimate of drug-likeness (QED) is 0.745. The molecule has 4 rings (SSSR count). The topological polar surface area (TPSA) is 55.9 Å². The van der Waals surface area contributed by atoms with Gasteiger partial charge in [-0.2, -0.15) is 17.4 Å². The van der Waals surface area contributed by atoms with Crippen LogP contribution in [0.5, 0.6) is 0 Å². The molecule has 1 saturated heterocycles. The van der Waals surface area contributed by atoms with E-state index in [-0.39, 0.29) is 6.04 Å². The Bertz CT molecular complexity index is 898. The molecule has 2 fully saturated rings. The smallest absolute Gasteiger partial charge is 0.279 e. The summed E-state index contributed by atoms with van der Waals surface area (Å²) in [4.78, 5) is 5.07. The van der Waals surface area contributed by atoms with Gasteiger partial charge in [0, 0.05) is 62.1 Å². The predicted octanol–water partition coefficient (Wildman–Crippen LogP) is 2.59. The second-order valence-electron chi connectivity index (χ2n) is 8.17. The maximum atomic E-state index is 11.9. The van der Waals surface area contributed by atoms with E-state index in [9.17, 15) is 8.42 Å². The number of anilines is 1. The van der Waals surface area contributed by atoms with Crippen molar-refractivity contribution in [2.45, 2.75) is 25.3 Å². The second-order valence-corrected chi connectivity index (χ2v) is 11.0. The third kappa shape index (κ3) is 4.36. The van der Waals surface area contributed by atoms with Crippen molar-refractivity contribution in [3.8, 4) is 0 Å². The molecule has 1 aliphatic heterocycles. The fourth-order valence-electron chi connectivity index (χ4n) is 4.22. The van der Waals surface area contributed by atoms with E-state index in [4.69, 9.17) is 0 Å². The third-order valence-corrected chi connectivity index (χ3v) is 8.55. The largest absolute Gasteiger partial charge is 0.368 e. The fourth-order valence-corrected chi connectivity index (χ4v) is 5.85. The van der Waals surface area contributed by atoms with E-state index in [2.05, 4.69) is 44.2 Å². The number of thiophene rings is 1. The Morgan fingerprint density at radius 3 is 2.61 bits per heavy atom. The van der Waals surface area contributed by atoms with Crippen LogP contribution in [0.4, 0.5) is 5.69 Å². The van der Waals surface area contributed by atoms with Crippen molar-refractivity contribution in [2.75, 3.05) is 51.7 Å². The Balaban J connectivity index is 1.20. The third-order valence-electron chi connectivity index (χ3n) is 6.07. The van der Waals surface area contributed by atoms with Crippen LogP contribution in [0, 0.1) is 5.92 Å². The summed E-state index contributed by atoms with van der Waals surface area (Å²) in [6.45, 7) is 5.47. The summed E-state index contributed by atoms with van der Waals surface area (Å²) < 4.78 is 29.1. The SMILES string of the molecule is CN(C)S(=O)(=O)NC1CC(CCN2CCN(c3cccc4sccc34)CC2)C1. The van der Waals surface area contributed by atoms with Crippen molar-refractivity contribution in [3.63, 3.8) is 0 Å². The average Bonchev–Trinajstić information content (AvgIpc) is 3.12. The van der Waals surface area contributed by atoms with E-state index in [0.29, 0.717) is 5.92 Å². The highest BCUT2D eigenvalue weighted by Gasteiger charge is 2.33. The van der Waals surface area contributed by atoms with Crippen molar-refractivity contribution in [1.82, 2.24) is 13.9 Å². The Morgan fingerprint density at radius 2 is 1.89 bits per heavy atom. The molecule has 28 heavy (non-hydrogen) atoms. The van der Waals surface area contributed by atoms with Crippen molar-refractivity contribution >= 4 is 37.3 Å². The maximum absolute atomic E-state index is 11.9. The number of nitrogens with one attached hydrogen (secondary N) is 1. The van der Waals surface area contributed by atoms with E-state index in [0.717, 1.165) is 45.6 Å². The van der Waals surface area contributed by atoms with Crippen LogP contribution < -0.4 is 9.62 Å². The van der Waals surface area contributed by atoms with E-state index in [1.807, 2.05) is 11.3 Å². The first-order valence-corrected chi connectivity index (χ1v) is 12.4. The molecule has 2 aromatic rings. The maximum Gasteiger partial charge on any atom is 0.279 e. The summed E-state index contributed by atoms with van der Waals surface area (Å²) in [6, 6.07) is 8.95. The summed E-state index contributed by atoms with van der Waals surface area (Å²) in [7, 11) is -0.160. The number of benzene rings is 1. The van der Waals surface area contributed by atoms with Gasteiger partial charge in [-0.15, -0.1) is 11.3 Å². The molecule has 0 radical (unpaired) electrons. The van der Waals surface area contributed by atoms with Crippen molar-refractivity contribution < 1.29 is 8.42 Å². The molecule has 1 aromatic heterocycles. The van der Waals surface area contributed by atoms with Crippen molar-refractivity contribution in [2.24, 2.45) is 5.92 Å². The molecule has 0 spiro atoms. The minimum atomic E-state index is -3.29. The standard InChI is InChI=1S/C20H30N4O2S2/c1-22(2)28(25,26)21-17-14-16(15-17)6-8-23-9-11-24(12-10-23)19-4-3-5-20-18(19)7-13-27-20/h3-5,7,13,16-17,21H,6,8-12,14-15H2,1-2H3. The highest BCUT2D eigenvalue weighted by Crippen LogP contribution is 2.32. The van der Waals surface area contributed by atoms with Crippen LogP contribution in [0.25, 0.3) is 10.1 Å². The number of hydrogen-bond acceptors (Lipinski definition) is 5. The normalized spacial score (nSPS) is 24.0. The van der Waals surface area contributed by atoms with Crippen LogP contribution in [0.2, 0.25) is 0 Å². The number of fused-ring (bicyclic) bond motifs is 1. The monoisotopic (exact) mass is 422 g/mol. The summed E-state index contributed by atoms with van der Waals surface area (Å²) in [6.07, 6.45) is 3.10. The average molecular weight is 423 g/mol. The van der Waals surface area contributed by atoms with Crippen LogP contribution in [0.1, 0.15) is 19.3 Å². The van der Waals surface area contributed by atoms with E-state index in [1.54, 1.807) is 14.1 Å². The number of rotatable bonds is 7. The minimum Gasteiger partial charge on any atom is -0.368 e. The number of nitrogens with zero attached hydrogens (tertiary/aromatic N) is 3. The van der Waals surface area contributed by atoms with Gasteiger partial charge < -0.3 is 4.90 Å². The fraction of sp³-hybridized carbons (Fsp3) is 0.600. The van der Waals surface area contributed by atoms with Crippen molar-refractivity contribution in [1.29, 1.82) is 0 Å². The van der Waals surface area contributed by atoms with Crippen LogP contribution in [-0.2, 0) is 10.2 Å². The van der Waals surface area contributed by atoms with Gasteiger partial charge in [0.15, 0.2) is 0 Å². The Morgan fingerprint density at radius 1 is 1.14 bits per heavy atom. The van der Waals surface area contributed by atoms with Gasteiger partial charge in [0.1, 0.15) is 0 Å². The van der Waals surface area contributed by atoms with Gasteiger partial charge in [-0.25, -0.2) is 0 Å². The highest BCUT2D eigenvalue weighted by atomic mass is 32.2. The molecule has 1 saturated carbocycles. The van der Waals surface area contributed by atoms with E-state index in [1.165, 1.54) is 26.5 Å². The lowest BCUT2D eigenvalue weighted by molar-refractivity contribution is 0.182. The summed E-state index contributed by atoms with van der Waals surface area (Å²) >= 11 is 1.81. The van der Waals surface area contributed by atoms with Gasteiger partial charge in [0.2, 0.25) is 0 Å². The molecule has 6 nitrogen and oxygen atoms in total. The summed E-state index contributed by atoms with van der Waals surface area (Å²) in [5, 5.41) is 3.55. The summed E-state index contributed by atoms with van der Waals surface area (Å²) in [5.74, 6) is 0.646. The van der Waals surface area contributed by atoms with E-state index < -0.39 is 10.2 Å². The molecule has 0 atom stereocenters. The van der Waals surface area contributed by atoms with Gasteiger partial charge in [-0.1, -0.05) is 6.07 Å². The first-order valence-electron chi connectivity index (χ1n) is 10.1. The van der Waals surface area contributed by atoms with Gasteiger partial charge in [-0.3, -0.25) is 4.90 Å². The molecular weight excluding hydrogens is 392 g/mol. The predicted molar refractivity (Wildman–Crippen MR) is 117 cm³/mol. The lowest BCUT2D eigenvalue weighted by Gasteiger charge is -2.40. The Hall–Kier alpha value is -1.19. The van der Waals surface area contributed by atoms with Crippen molar-refractivity contribution in [3.05, 3.63) is 29.6 Å². The number of piperazine rings is 1. The molecule has 0 bridgehead atoms. The van der Waals surface area contributed by atoms with Gasteiger partial charge in [-0.05, 0) is 55.3 Å². The molecule has 1 aromatic carbocycles. The van der Waals surface area contributed by atoms with Crippen LogP contribution in [0.3, 0.4) is 0 Å². The van der Waals surface area contributed by atoms with Gasteiger partial charge in [0.25, 0.3) is 10.2 Å². The van der Waals surface area contributed by atoms with Gasteiger partial charge >= 0.3 is 0 Å². The number of hydrogen-bond donors (Lipinski definition) is 1. The molecule has 2 heterocycles.